The first-order valence-electron chi connectivity index (χ1n) is 7.17. The van der Waals surface area contributed by atoms with E-state index in [9.17, 15) is 0 Å². The Morgan fingerprint density at radius 2 is 1.17 bits per heavy atom. The summed E-state index contributed by atoms with van der Waals surface area (Å²) in [6.07, 6.45) is 14.7. The number of hydrogen-bond donors (Lipinski definition) is 0. The summed E-state index contributed by atoms with van der Waals surface area (Å²) < 4.78 is 8.85. The normalized spacial score (nSPS) is 21.2. The molecule has 0 atom stereocenters. The van der Waals surface area contributed by atoms with E-state index in [2.05, 4.69) is 16.0 Å². The van der Waals surface area contributed by atoms with Crippen molar-refractivity contribution in [2.24, 2.45) is 9.98 Å². The average Bonchev–Trinajstić information content (AvgIpc) is 2.42. The summed E-state index contributed by atoms with van der Waals surface area (Å²) in [5.41, 5.74) is 0. The van der Waals surface area contributed by atoms with Crippen molar-refractivity contribution in [1.29, 1.82) is 0 Å². The first-order valence-corrected chi connectivity index (χ1v) is 8.32. The van der Waals surface area contributed by atoms with Gasteiger partial charge in [0, 0.05) is 4.21 Å². The molecule has 0 aromatic heterocycles. The van der Waals surface area contributed by atoms with E-state index >= 15 is 0 Å². The molecule has 0 aromatic rings. The predicted octanol–water partition coefficient (Wildman–Crippen LogP) is 3.87. The standard InChI is InChI=1S/C13H22N2.CH3OS/c1-3-7-12(8-4-1)14-11-15-13-9-5-2-6-10-13;1-3-2/h12-13H,1-10H2;1H3/q;+1. The van der Waals surface area contributed by atoms with Crippen LogP contribution < -0.4 is 0 Å². The first-order chi connectivity index (χ1) is 8.86. The molecule has 2 saturated carbocycles. The molecule has 0 N–H and O–H groups in total. The lowest BCUT2D eigenvalue weighted by atomic mass is 9.96. The Bertz CT molecular complexity index is 254. The third kappa shape index (κ3) is 6.97. The molecule has 18 heavy (non-hydrogen) atoms. The van der Waals surface area contributed by atoms with Gasteiger partial charge in [0.1, 0.15) is 0 Å². The van der Waals surface area contributed by atoms with E-state index in [0.29, 0.717) is 23.8 Å². The van der Waals surface area contributed by atoms with Crippen LogP contribution in [-0.2, 0) is 15.9 Å². The van der Waals surface area contributed by atoms with Gasteiger partial charge in [-0.05, 0) is 25.7 Å². The van der Waals surface area contributed by atoms with Crippen molar-refractivity contribution in [3.8, 4) is 0 Å². The molecular formula is C14H25N2OS+. The minimum absolute atomic E-state index is 0.500. The van der Waals surface area contributed by atoms with Crippen LogP contribution in [0.4, 0.5) is 0 Å². The third-order valence-electron chi connectivity index (χ3n) is 3.63. The second kappa shape index (κ2) is 10.3. The molecular weight excluding hydrogens is 244 g/mol. The molecule has 0 radical (unpaired) electrons. The fourth-order valence-electron chi connectivity index (χ4n) is 2.62. The lowest BCUT2D eigenvalue weighted by Gasteiger charge is -2.17. The highest BCUT2D eigenvalue weighted by Crippen LogP contribution is 2.21. The molecule has 0 aromatic carbocycles. The second-order valence-corrected chi connectivity index (χ2v) is 5.44. The van der Waals surface area contributed by atoms with E-state index in [-0.39, 0.29) is 0 Å². The van der Waals surface area contributed by atoms with Crippen molar-refractivity contribution in [2.45, 2.75) is 76.3 Å². The quantitative estimate of drug-likeness (QED) is 0.554. The van der Waals surface area contributed by atoms with Gasteiger partial charge in [0.25, 0.3) is 0 Å². The van der Waals surface area contributed by atoms with Crippen LogP contribution in [0.5, 0.6) is 0 Å². The summed E-state index contributed by atoms with van der Waals surface area (Å²) in [7, 11) is 0. The van der Waals surface area contributed by atoms with Crippen LogP contribution in [0.25, 0.3) is 0 Å². The van der Waals surface area contributed by atoms with E-state index in [4.69, 9.17) is 4.21 Å². The van der Waals surface area contributed by atoms with Gasteiger partial charge in [0.2, 0.25) is 6.26 Å². The molecule has 3 nitrogen and oxygen atoms in total. The first kappa shape index (κ1) is 15.5. The Hall–Kier alpha value is -0.600. The summed E-state index contributed by atoms with van der Waals surface area (Å²) >= 11 is 0.500. The van der Waals surface area contributed by atoms with Gasteiger partial charge < -0.3 is 0 Å². The molecule has 0 heterocycles. The Morgan fingerprint density at radius 1 is 0.833 bits per heavy atom. The fourth-order valence-corrected chi connectivity index (χ4v) is 2.62. The molecule has 2 aliphatic carbocycles. The largest absolute Gasteiger partial charge is 0.455 e. The summed E-state index contributed by atoms with van der Waals surface area (Å²) in [6, 6.07) is 4.04. The van der Waals surface area contributed by atoms with Crippen LogP contribution in [0.1, 0.15) is 64.2 Å². The highest BCUT2D eigenvalue weighted by Gasteiger charge is 2.12. The second-order valence-electron chi connectivity index (χ2n) is 5.11. The van der Waals surface area contributed by atoms with Crippen molar-refractivity contribution >= 4 is 17.7 Å². The van der Waals surface area contributed by atoms with Crippen LogP contribution in [0.2, 0.25) is 0 Å². The van der Waals surface area contributed by atoms with Crippen molar-refractivity contribution in [1.82, 2.24) is 0 Å². The monoisotopic (exact) mass is 269 g/mol. The molecule has 2 fully saturated rings. The minimum Gasteiger partial charge on any atom is -0.222 e. The zero-order valence-corrected chi connectivity index (χ0v) is 12.3. The zero-order chi connectivity index (χ0) is 13.1. The Balaban J connectivity index is 0.000000492. The van der Waals surface area contributed by atoms with E-state index in [0.717, 1.165) is 0 Å². The van der Waals surface area contributed by atoms with Gasteiger partial charge in [-0.1, -0.05) is 38.5 Å². The van der Waals surface area contributed by atoms with Crippen LogP contribution in [0.15, 0.2) is 9.98 Å². The van der Waals surface area contributed by atoms with Gasteiger partial charge in [-0.2, -0.15) is 0 Å². The van der Waals surface area contributed by atoms with E-state index in [1.165, 1.54) is 70.5 Å². The SMILES string of the molecule is C(=NC1CCCCC1)=NC1CCCCC1.C[S+]=O. The van der Waals surface area contributed by atoms with E-state index < -0.39 is 0 Å². The van der Waals surface area contributed by atoms with Crippen molar-refractivity contribution in [2.75, 3.05) is 6.26 Å². The molecule has 2 aliphatic rings. The van der Waals surface area contributed by atoms with Gasteiger partial charge in [0.05, 0.1) is 18.1 Å². The smallest absolute Gasteiger partial charge is 0.222 e. The number of rotatable bonds is 2. The highest BCUT2D eigenvalue weighted by molar-refractivity contribution is 7.64. The molecule has 4 heteroatoms. The summed E-state index contributed by atoms with van der Waals surface area (Å²) in [5, 5.41) is 0. The van der Waals surface area contributed by atoms with Gasteiger partial charge in [0.15, 0.2) is 0 Å². The Morgan fingerprint density at radius 3 is 1.50 bits per heavy atom. The molecule has 102 valence electrons. The van der Waals surface area contributed by atoms with Crippen molar-refractivity contribution < 1.29 is 4.21 Å². The Kier molecular flexibility index (Phi) is 8.87. The van der Waals surface area contributed by atoms with Crippen LogP contribution in [0.3, 0.4) is 0 Å². The third-order valence-corrected chi connectivity index (χ3v) is 3.63. The van der Waals surface area contributed by atoms with Gasteiger partial charge in [-0.15, -0.1) is 0 Å². The maximum absolute atomic E-state index is 8.85. The molecule has 0 aliphatic heterocycles. The van der Waals surface area contributed by atoms with Crippen LogP contribution in [0, 0.1) is 0 Å². The van der Waals surface area contributed by atoms with E-state index in [1.54, 1.807) is 0 Å². The number of hydrogen-bond acceptors (Lipinski definition) is 3. The number of nitrogens with zero attached hydrogens (tertiary/aromatic N) is 2. The highest BCUT2D eigenvalue weighted by atomic mass is 32.1. The summed E-state index contributed by atoms with van der Waals surface area (Å²) in [6.45, 7) is 0. The molecule has 0 amide bonds. The minimum atomic E-state index is 0.500. The lowest BCUT2D eigenvalue weighted by molar-refractivity contribution is 0.438. The van der Waals surface area contributed by atoms with Crippen LogP contribution >= 0.6 is 0 Å². The molecule has 0 spiro atoms. The van der Waals surface area contributed by atoms with E-state index in [1.807, 2.05) is 0 Å². The van der Waals surface area contributed by atoms with Crippen molar-refractivity contribution in [3.05, 3.63) is 0 Å². The average molecular weight is 269 g/mol. The molecule has 2 rings (SSSR count). The maximum Gasteiger partial charge on any atom is 0.455 e. The van der Waals surface area contributed by atoms with Gasteiger partial charge in [-0.25, -0.2) is 9.98 Å². The molecule has 0 unspecified atom stereocenters. The van der Waals surface area contributed by atoms with Crippen LogP contribution in [-0.4, -0.2) is 24.3 Å². The zero-order valence-electron chi connectivity index (χ0n) is 11.4. The van der Waals surface area contributed by atoms with Gasteiger partial charge >= 0.3 is 11.7 Å². The topological polar surface area (TPSA) is 41.8 Å². The summed E-state index contributed by atoms with van der Waals surface area (Å²) in [4.78, 5) is 8.92. The lowest BCUT2D eigenvalue weighted by Crippen LogP contribution is -2.10. The predicted molar refractivity (Wildman–Crippen MR) is 77.6 cm³/mol. The fraction of sp³-hybridized carbons (Fsp3) is 0.929. The molecule has 0 saturated heterocycles. The number of aliphatic imine (C=N–C) groups is 2. The van der Waals surface area contributed by atoms with Crippen molar-refractivity contribution in [3.63, 3.8) is 0 Å². The van der Waals surface area contributed by atoms with Gasteiger partial charge in [-0.3, -0.25) is 0 Å². The Labute approximate surface area is 115 Å². The molecule has 0 bridgehead atoms. The maximum atomic E-state index is 8.85. The summed E-state index contributed by atoms with van der Waals surface area (Å²) in [5.74, 6) is 0.